The number of hydrogen-bond acceptors (Lipinski definition) is 6. The molecule has 0 bridgehead atoms. The monoisotopic (exact) mass is 381 g/mol. The molecule has 2 amide bonds. The van der Waals surface area contributed by atoms with Gasteiger partial charge in [0.05, 0.1) is 18.6 Å². The van der Waals surface area contributed by atoms with Crippen LogP contribution >= 0.6 is 0 Å². The molecule has 7 heteroatoms. The summed E-state index contributed by atoms with van der Waals surface area (Å²) in [6, 6.07) is 0. The number of nitrogens with one attached hydrogen (secondary N) is 1. The molecule has 6 atom stereocenters. The second kappa shape index (κ2) is 7.53. The largest absolute Gasteiger partial charge is 0.443 e. The first-order valence-corrected chi connectivity index (χ1v) is 9.74. The molecule has 0 radical (unpaired) electrons. The number of rotatable bonds is 6. The Hall–Kier alpha value is -1.44. The number of ether oxygens (including phenoxy) is 4. The lowest BCUT2D eigenvalue weighted by atomic mass is 9.68. The molecule has 3 rings (SSSR count). The lowest BCUT2D eigenvalue weighted by Gasteiger charge is -2.42. The van der Waals surface area contributed by atoms with Crippen LogP contribution in [0.4, 0.5) is 4.79 Å². The van der Waals surface area contributed by atoms with E-state index in [9.17, 15) is 9.59 Å². The minimum absolute atomic E-state index is 0.0287. The van der Waals surface area contributed by atoms with Crippen LogP contribution in [0.3, 0.4) is 0 Å². The molecule has 1 aliphatic carbocycles. The molecular formula is C20H31NO6. The zero-order valence-corrected chi connectivity index (χ0v) is 16.9. The lowest BCUT2D eigenvalue weighted by molar-refractivity contribution is -0.125. The van der Waals surface area contributed by atoms with Crippen LogP contribution in [0.15, 0.2) is 11.6 Å². The number of allylic oxidation sites excluding steroid dienone is 1. The topological polar surface area (TPSA) is 89.7 Å². The maximum absolute atomic E-state index is 12.1. The summed E-state index contributed by atoms with van der Waals surface area (Å²) in [5, 5.41) is 2.24. The Morgan fingerprint density at radius 3 is 2.59 bits per heavy atom. The summed E-state index contributed by atoms with van der Waals surface area (Å²) in [6.07, 6.45) is 3.27. The van der Waals surface area contributed by atoms with E-state index in [2.05, 4.69) is 32.2 Å². The average Bonchev–Trinajstić information content (AvgIpc) is 3.52. The minimum Gasteiger partial charge on any atom is -0.443 e. The van der Waals surface area contributed by atoms with Gasteiger partial charge in [0, 0.05) is 13.5 Å². The van der Waals surface area contributed by atoms with E-state index in [1.165, 1.54) is 5.57 Å². The molecule has 152 valence electrons. The first kappa shape index (κ1) is 20.3. The number of carbonyl (C=O) groups is 2. The van der Waals surface area contributed by atoms with Crippen molar-refractivity contribution in [1.82, 2.24) is 5.32 Å². The molecule has 3 aliphatic rings. The third-order valence-electron chi connectivity index (χ3n) is 6.06. The Labute approximate surface area is 160 Å². The van der Waals surface area contributed by atoms with Gasteiger partial charge in [-0.25, -0.2) is 4.79 Å². The van der Waals surface area contributed by atoms with Crippen molar-refractivity contribution in [3.8, 4) is 0 Å². The van der Waals surface area contributed by atoms with E-state index in [-0.39, 0.29) is 41.7 Å². The number of imide groups is 1. The van der Waals surface area contributed by atoms with Crippen molar-refractivity contribution in [3.63, 3.8) is 0 Å². The molecule has 0 aromatic carbocycles. The van der Waals surface area contributed by atoms with E-state index >= 15 is 0 Å². The van der Waals surface area contributed by atoms with Gasteiger partial charge in [-0.05, 0) is 40.0 Å². The highest BCUT2D eigenvalue weighted by Crippen LogP contribution is 2.59. The van der Waals surface area contributed by atoms with Gasteiger partial charge in [-0.3, -0.25) is 10.1 Å². The fourth-order valence-electron chi connectivity index (χ4n) is 4.44. The van der Waals surface area contributed by atoms with Crippen molar-refractivity contribution in [2.75, 3.05) is 13.7 Å². The lowest BCUT2D eigenvalue weighted by Crippen LogP contribution is -2.56. The molecule has 0 aromatic rings. The zero-order valence-electron chi connectivity index (χ0n) is 16.9. The molecule has 1 spiro atoms. The van der Waals surface area contributed by atoms with Crippen molar-refractivity contribution in [2.45, 2.75) is 82.9 Å². The normalized spacial score (nSPS) is 39.6. The smallest absolute Gasteiger partial charge is 0.414 e. The molecule has 7 nitrogen and oxygen atoms in total. The summed E-state index contributed by atoms with van der Waals surface area (Å²) in [5.74, 6) is -0.387. The first-order valence-electron chi connectivity index (χ1n) is 9.74. The zero-order chi connectivity index (χ0) is 19.8. The minimum atomic E-state index is -0.719. The molecule has 2 saturated heterocycles. The Balaban J connectivity index is 1.73. The average molecular weight is 381 g/mol. The Morgan fingerprint density at radius 1 is 1.33 bits per heavy atom. The number of amides is 2. The highest BCUT2D eigenvalue weighted by molar-refractivity contribution is 5.91. The van der Waals surface area contributed by atoms with Gasteiger partial charge in [0.25, 0.3) is 0 Å². The van der Waals surface area contributed by atoms with Gasteiger partial charge >= 0.3 is 6.09 Å². The Bertz CT molecular complexity index is 624. The van der Waals surface area contributed by atoms with Crippen molar-refractivity contribution in [1.29, 1.82) is 0 Å². The highest BCUT2D eigenvalue weighted by atomic mass is 16.6. The van der Waals surface area contributed by atoms with Crippen LogP contribution in [0.25, 0.3) is 0 Å². The second-order valence-electron chi connectivity index (χ2n) is 8.22. The quantitative estimate of drug-likeness (QED) is 0.562. The number of epoxide rings is 2. The molecule has 1 N–H and O–H groups in total. The third kappa shape index (κ3) is 4.05. The molecule has 2 aliphatic heterocycles. The fraction of sp³-hybridized carbons (Fsp3) is 0.800. The van der Waals surface area contributed by atoms with E-state index in [4.69, 9.17) is 18.9 Å². The maximum atomic E-state index is 12.1. The van der Waals surface area contributed by atoms with Crippen LogP contribution in [-0.4, -0.2) is 55.2 Å². The maximum Gasteiger partial charge on any atom is 0.414 e. The van der Waals surface area contributed by atoms with Crippen LogP contribution < -0.4 is 5.32 Å². The van der Waals surface area contributed by atoms with E-state index in [0.29, 0.717) is 13.0 Å². The van der Waals surface area contributed by atoms with Crippen molar-refractivity contribution in [2.24, 2.45) is 5.92 Å². The number of methoxy groups -OCH3 is 1. The van der Waals surface area contributed by atoms with Crippen LogP contribution in [0, 0.1) is 5.92 Å². The summed E-state index contributed by atoms with van der Waals surface area (Å²) in [5.41, 5.74) is 0.627. The molecule has 0 aromatic heterocycles. The van der Waals surface area contributed by atoms with E-state index < -0.39 is 12.2 Å². The molecule has 2 heterocycles. The molecular weight excluding hydrogens is 350 g/mol. The van der Waals surface area contributed by atoms with Gasteiger partial charge in [-0.2, -0.15) is 0 Å². The van der Waals surface area contributed by atoms with Crippen molar-refractivity contribution in [3.05, 3.63) is 11.6 Å². The molecule has 27 heavy (non-hydrogen) atoms. The van der Waals surface area contributed by atoms with Gasteiger partial charge in [0.15, 0.2) is 0 Å². The number of hydrogen-bond donors (Lipinski definition) is 1. The van der Waals surface area contributed by atoms with Crippen molar-refractivity contribution < 1.29 is 28.5 Å². The SMILES string of the molecule is CCC(=O)NC(=O)O[C@@H]1CC[C@]2(CO2)[C@@H]([C@]2(C)O[C@@H]2CC=C(C)C)[C@@H]1OC. The second-order valence-corrected chi connectivity index (χ2v) is 8.22. The number of alkyl carbamates (subject to hydrolysis) is 1. The predicted octanol–water partition coefficient (Wildman–Crippen LogP) is 2.73. The molecule has 3 fully saturated rings. The van der Waals surface area contributed by atoms with Crippen LogP contribution in [0.2, 0.25) is 0 Å². The summed E-state index contributed by atoms with van der Waals surface area (Å²) in [6.45, 7) is 8.61. The third-order valence-corrected chi connectivity index (χ3v) is 6.06. The Morgan fingerprint density at radius 2 is 2.04 bits per heavy atom. The summed E-state index contributed by atoms with van der Waals surface area (Å²) in [7, 11) is 1.63. The fourth-order valence-corrected chi connectivity index (χ4v) is 4.44. The standard InChI is InChI=1S/C20H31NO6/c1-6-15(22)21-18(23)26-13-9-10-20(11-25-20)17(16(13)24-5)19(4)14(27-19)8-7-12(2)3/h7,13-14,16-17H,6,8-11H2,1-5H3,(H,21,22,23)/t13-,14-,16-,17-,19-,20+/m1/s1. The summed E-state index contributed by atoms with van der Waals surface area (Å²) >= 11 is 0. The Kier molecular flexibility index (Phi) is 5.66. The predicted molar refractivity (Wildman–Crippen MR) is 98.2 cm³/mol. The van der Waals surface area contributed by atoms with E-state index in [1.807, 2.05) is 0 Å². The van der Waals surface area contributed by atoms with Gasteiger partial charge in [0.2, 0.25) is 5.91 Å². The van der Waals surface area contributed by atoms with Crippen LogP contribution in [-0.2, 0) is 23.7 Å². The van der Waals surface area contributed by atoms with Gasteiger partial charge in [-0.15, -0.1) is 0 Å². The highest BCUT2D eigenvalue weighted by Gasteiger charge is 2.72. The number of carbonyl (C=O) groups excluding carboxylic acids is 2. The van der Waals surface area contributed by atoms with Gasteiger partial charge < -0.3 is 18.9 Å². The van der Waals surface area contributed by atoms with Crippen LogP contribution in [0.5, 0.6) is 0 Å². The molecule has 0 unspecified atom stereocenters. The van der Waals surface area contributed by atoms with Crippen LogP contribution in [0.1, 0.15) is 53.4 Å². The van der Waals surface area contributed by atoms with E-state index in [1.54, 1.807) is 14.0 Å². The van der Waals surface area contributed by atoms with Gasteiger partial charge in [0.1, 0.15) is 23.4 Å². The summed E-state index contributed by atoms with van der Waals surface area (Å²) in [4.78, 5) is 23.5. The van der Waals surface area contributed by atoms with Gasteiger partial charge in [-0.1, -0.05) is 18.6 Å². The molecule has 1 saturated carbocycles. The summed E-state index contributed by atoms with van der Waals surface area (Å²) < 4.78 is 23.3. The van der Waals surface area contributed by atoms with E-state index in [0.717, 1.165) is 12.8 Å². The van der Waals surface area contributed by atoms with Crippen molar-refractivity contribution >= 4 is 12.0 Å². The first-order chi connectivity index (χ1) is 12.8.